The minimum absolute atomic E-state index is 0.152. The van der Waals surface area contributed by atoms with Crippen LogP contribution in [0.3, 0.4) is 0 Å². The second-order valence-corrected chi connectivity index (χ2v) is 10.4. The third-order valence-corrected chi connectivity index (χ3v) is 7.46. The fraction of sp³-hybridized carbons (Fsp3) is 0.333. The predicted octanol–water partition coefficient (Wildman–Crippen LogP) is 3.35. The molecular weight excluding hydrogens is 424 g/mol. The van der Waals surface area contributed by atoms with Gasteiger partial charge < -0.3 is 5.32 Å². The Labute approximate surface area is 190 Å². The number of nitrogens with zero attached hydrogens (tertiary/aromatic N) is 3. The molecule has 2 aromatic carbocycles. The summed E-state index contributed by atoms with van der Waals surface area (Å²) < 4.78 is 28.4. The van der Waals surface area contributed by atoms with E-state index in [1.165, 1.54) is 20.2 Å². The number of sulfonamides is 1. The summed E-state index contributed by atoms with van der Waals surface area (Å²) in [5, 5.41) is 7.41. The van der Waals surface area contributed by atoms with Crippen molar-refractivity contribution in [2.24, 2.45) is 0 Å². The molecule has 3 aromatic rings. The molecule has 0 bridgehead atoms. The number of carbonyl (C=O) groups is 1. The van der Waals surface area contributed by atoms with E-state index in [9.17, 15) is 13.2 Å². The maximum absolute atomic E-state index is 12.8. The molecule has 1 N–H and O–H groups in total. The SMILES string of the molecule is Cc1cc(C)n(Cc2cccc(CNC(=O)c3cc(C)c(C)c(S(=O)(=O)N(C)C)c3)c2)n1. The normalized spacial score (nSPS) is 11.7. The topological polar surface area (TPSA) is 84.3 Å². The quantitative estimate of drug-likeness (QED) is 0.593. The molecule has 0 unspecified atom stereocenters. The highest BCUT2D eigenvalue weighted by Crippen LogP contribution is 2.23. The summed E-state index contributed by atoms with van der Waals surface area (Å²) in [7, 11) is -0.681. The molecule has 0 radical (unpaired) electrons. The van der Waals surface area contributed by atoms with Crippen molar-refractivity contribution in [3.8, 4) is 0 Å². The third-order valence-electron chi connectivity index (χ3n) is 5.52. The number of rotatable bonds is 7. The van der Waals surface area contributed by atoms with Crippen molar-refractivity contribution >= 4 is 15.9 Å². The van der Waals surface area contributed by atoms with E-state index >= 15 is 0 Å². The van der Waals surface area contributed by atoms with Crippen molar-refractivity contribution in [3.63, 3.8) is 0 Å². The molecule has 0 saturated heterocycles. The van der Waals surface area contributed by atoms with Crippen LogP contribution in [0.15, 0.2) is 47.4 Å². The molecule has 0 spiro atoms. The van der Waals surface area contributed by atoms with Gasteiger partial charge in [-0.1, -0.05) is 24.3 Å². The van der Waals surface area contributed by atoms with Crippen LogP contribution in [0.25, 0.3) is 0 Å². The molecule has 0 saturated carbocycles. The molecule has 0 fully saturated rings. The van der Waals surface area contributed by atoms with E-state index in [4.69, 9.17) is 0 Å². The molecule has 32 heavy (non-hydrogen) atoms. The number of nitrogens with one attached hydrogen (secondary N) is 1. The Hall–Kier alpha value is -2.97. The van der Waals surface area contributed by atoms with Crippen LogP contribution in [0.1, 0.15) is 44.0 Å². The van der Waals surface area contributed by atoms with Crippen LogP contribution in [0.5, 0.6) is 0 Å². The minimum atomic E-state index is -3.65. The van der Waals surface area contributed by atoms with E-state index < -0.39 is 10.0 Å². The van der Waals surface area contributed by atoms with Crippen LogP contribution >= 0.6 is 0 Å². The largest absolute Gasteiger partial charge is 0.348 e. The van der Waals surface area contributed by atoms with Gasteiger partial charge in [-0.15, -0.1) is 0 Å². The summed E-state index contributed by atoms with van der Waals surface area (Å²) in [4.78, 5) is 13.0. The lowest BCUT2D eigenvalue weighted by Crippen LogP contribution is -2.26. The van der Waals surface area contributed by atoms with Crippen molar-refractivity contribution in [1.29, 1.82) is 0 Å². The van der Waals surface area contributed by atoms with Gasteiger partial charge in [0.25, 0.3) is 5.91 Å². The Kier molecular flexibility index (Phi) is 6.85. The average molecular weight is 455 g/mol. The highest BCUT2D eigenvalue weighted by molar-refractivity contribution is 7.89. The fourth-order valence-corrected chi connectivity index (χ4v) is 4.77. The smallest absolute Gasteiger partial charge is 0.251 e. The number of aromatic nitrogens is 2. The predicted molar refractivity (Wildman–Crippen MR) is 125 cm³/mol. The summed E-state index contributed by atoms with van der Waals surface area (Å²) in [6, 6.07) is 13.2. The summed E-state index contributed by atoms with van der Waals surface area (Å²) in [5.41, 5.74) is 5.86. The summed E-state index contributed by atoms with van der Waals surface area (Å²) in [6.07, 6.45) is 0. The number of carbonyl (C=O) groups excluding carboxylic acids is 1. The van der Waals surface area contributed by atoms with E-state index in [-0.39, 0.29) is 10.8 Å². The van der Waals surface area contributed by atoms with Crippen LogP contribution < -0.4 is 5.32 Å². The van der Waals surface area contributed by atoms with Crippen LogP contribution in [-0.2, 0) is 23.1 Å². The van der Waals surface area contributed by atoms with Crippen molar-refractivity contribution < 1.29 is 13.2 Å². The summed E-state index contributed by atoms with van der Waals surface area (Å²) in [6.45, 7) is 8.55. The van der Waals surface area contributed by atoms with E-state index in [2.05, 4.69) is 10.4 Å². The van der Waals surface area contributed by atoms with E-state index in [0.717, 1.165) is 32.4 Å². The molecule has 0 aliphatic rings. The zero-order chi connectivity index (χ0) is 23.6. The van der Waals surface area contributed by atoms with Gasteiger partial charge in [0.15, 0.2) is 0 Å². The number of amides is 1. The third kappa shape index (κ3) is 5.08. The monoisotopic (exact) mass is 454 g/mol. The van der Waals surface area contributed by atoms with Crippen molar-refractivity contribution in [2.45, 2.75) is 45.7 Å². The number of hydrogen-bond acceptors (Lipinski definition) is 4. The number of aryl methyl sites for hydroxylation is 3. The van der Waals surface area contributed by atoms with Gasteiger partial charge in [0, 0.05) is 31.9 Å². The van der Waals surface area contributed by atoms with Gasteiger partial charge >= 0.3 is 0 Å². The highest BCUT2D eigenvalue weighted by atomic mass is 32.2. The first-order chi connectivity index (χ1) is 15.0. The second kappa shape index (κ2) is 9.26. The maximum atomic E-state index is 12.8. The van der Waals surface area contributed by atoms with E-state index in [0.29, 0.717) is 24.2 Å². The molecule has 0 atom stereocenters. The zero-order valence-corrected chi connectivity index (χ0v) is 20.2. The van der Waals surface area contributed by atoms with Crippen molar-refractivity contribution in [3.05, 3.63) is 81.7 Å². The minimum Gasteiger partial charge on any atom is -0.348 e. The molecule has 3 rings (SSSR count). The van der Waals surface area contributed by atoms with Gasteiger partial charge in [-0.2, -0.15) is 5.10 Å². The molecular formula is C24H30N4O3S. The van der Waals surface area contributed by atoms with E-state index in [1.807, 2.05) is 55.8 Å². The molecule has 1 heterocycles. The maximum Gasteiger partial charge on any atom is 0.251 e. The molecule has 0 aliphatic heterocycles. The summed E-state index contributed by atoms with van der Waals surface area (Å²) in [5.74, 6) is -0.313. The van der Waals surface area contributed by atoms with Crippen molar-refractivity contribution in [1.82, 2.24) is 19.4 Å². The fourth-order valence-electron chi connectivity index (χ4n) is 3.55. The lowest BCUT2D eigenvalue weighted by molar-refractivity contribution is 0.0950. The Bertz CT molecular complexity index is 1260. The molecule has 7 nitrogen and oxygen atoms in total. The van der Waals surface area contributed by atoms with Crippen molar-refractivity contribution in [2.75, 3.05) is 14.1 Å². The number of hydrogen-bond donors (Lipinski definition) is 1. The Morgan fingerprint density at radius 3 is 2.34 bits per heavy atom. The van der Waals surface area contributed by atoms with Gasteiger partial charge in [-0.05, 0) is 68.1 Å². The molecule has 1 aromatic heterocycles. The first-order valence-corrected chi connectivity index (χ1v) is 11.8. The van der Waals surface area contributed by atoms with E-state index in [1.54, 1.807) is 13.0 Å². The van der Waals surface area contributed by atoms with Crippen LogP contribution in [0.2, 0.25) is 0 Å². The molecule has 170 valence electrons. The Balaban J connectivity index is 1.76. The average Bonchev–Trinajstić information content (AvgIpc) is 3.04. The zero-order valence-electron chi connectivity index (χ0n) is 19.4. The van der Waals surface area contributed by atoms with Gasteiger partial charge in [-0.25, -0.2) is 12.7 Å². The Morgan fingerprint density at radius 2 is 1.72 bits per heavy atom. The first-order valence-electron chi connectivity index (χ1n) is 10.4. The van der Waals surface area contributed by atoms with Crippen LogP contribution in [0, 0.1) is 27.7 Å². The van der Waals surface area contributed by atoms with Gasteiger partial charge in [0.2, 0.25) is 10.0 Å². The summed E-state index contributed by atoms with van der Waals surface area (Å²) >= 11 is 0. The second-order valence-electron chi connectivity index (χ2n) is 8.29. The number of benzene rings is 2. The standard InChI is InChI=1S/C24H30N4O3S/c1-16-10-22(13-23(19(16)4)32(30,31)27(5)6)24(29)25-14-20-8-7-9-21(12-20)15-28-18(3)11-17(2)26-28/h7-13H,14-15H2,1-6H3,(H,25,29). The van der Waals surface area contributed by atoms with Gasteiger partial charge in [0.1, 0.15) is 0 Å². The van der Waals surface area contributed by atoms with Crippen LogP contribution in [-0.4, -0.2) is 42.5 Å². The lowest BCUT2D eigenvalue weighted by Gasteiger charge is -2.16. The van der Waals surface area contributed by atoms with Gasteiger partial charge in [0.05, 0.1) is 17.1 Å². The first kappa shape index (κ1) is 23.7. The molecule has 0 aliphatic carbocycles. The van der Waals surface area contributed by atoms with Gasteiger partial charge in [-0.3, -0.25) is 9.48 Å². The Morgan fingerprint density at radius 1 is 1.03 bits per heavy atom. The molecule has 8 heteroatoms. The highest BCUT2D eigenvalue weighted by Gasteiger charge is 2.23. The molecule has 1 amide bonds. The lowest BCUT2D eigenvalue weighted by atomic mass is 10.1. The van der Waals surface area contributed by atoms with Crippen LogP contribution in [0.4, 0.5) is 0 Å².